The van der Waals surface area contributed by atoms with E-state index in [1.165, 1.54) is 0 Å². The van der Waals surface area contributed by atoms with Gasteiger partial charge in [-0.3, -0.25) is 4.79 Å². The third kappa shape index (κ3) is 4.39. The average Bonchev–Trinajstić information content (AvgIpc) is 2.89. The molecule has 0 atom stereocenters. The number of amides is 1. The second kappa shape index (κ2) is 8.29. The molecule has 0 aliphatic carbocycles. The number of para-hydroxylation sites is 1. The largest absolute Gasteiger partial charge is 0.354 e. The van der Waals surface area contributed by atoms with Crippen LogP contribution >= 0.6 is 0 Å². The molecule has 1 aromatic heterocycles. The zero-order valence-electron chi connectivity index (χ0n) is 13.2. The van der Waals surface area contributed by atoms with Crippen LogP contribution in [-0.4, -0.2) is 40.5 Å². The highest BCUT2D eigenvalue weighted by molar-refractivity contribution is 5.78. The summed E-state index contributed by atoms with van der Waals surface area (Å²) >= 11 is 0. The molecule has 0 aliphatic heterocycles. The summed E-state index contributed by atoms with van der Waals surface area (Å²) in [7, 11) is 0. The van der Waals surface area contributed by atoms with Gasteiger partial charge < -0.3 is 10.6 Å². The van der Waals surface area contributed by atoms with Crippen LogP contribution in [0.5, 0.6) is 0 Å². The molecule has 0 unspecified atom stereocenters. The van der Waals surface area contributed by atoms with E-state index >= 15 is 0 Å². The summed E-state index contributed by atoms with van der Waals surface area (Å²) in [6.07, 6.45) is 1.35. The SMILES string of the molecule is CCCNCCNC(=O)Cc1nnn(-c2ccccc2)c1C. The molecule has 2 rings (SSSR count). The fourth-order valence-corrected chi connectivity index (χ4v) is 2.14. The lowest BCUT2D eigenvalue weighted by atomic mass is 10.2. The van der Waals surface area contributed by atoms with Crippen LogP contribution < -0.4 is 10.6 Å². The van der Waals surface area contributed by atoms with Gasteiger partial charge in [0.25, 0.3) is 0 Å². The van der Waals surface area contributed by atoms with E-state index in [0.29, 0.717) is 12.2 Å². The monoisotopic (exact) mass is 301 g/mol. The Morgan fingerprint density at radius 1 is 1.18 bits per heavy atom. The fourth-order valence-electron chi connectivity index (χ4n) is 2.14. The quantitative estimate of drug-likeness (QED) is 0.720. The maximum absolute atomic E-state index is 11.9. The highest BCUT2D eigenvalue weighted by Gasteiger charge is 2.13. The molecule has 0 radical (unpaired) electrons. The van der Waals surface area contributed by atoms with Crippen molar-refractivity contribution < 1.29 is 4.79 Å². The highest BCUT2D eigenvalue weighted by atomic mass is 16.1. The second-order valence-electron chi connectivity index (χ2n) is 5.15. The highest BCUT2D eigenvalue weighted by Crippen LogP contribution is 2.11. The van der Waals surface area contributed by atoms with E-state index in [9.17, 15) is 4.79 Å². The third-order valence-corrected chi connectivity index (χ3v) is 3.37. The number of nitrogens with one attached hydrogen (secondary N) is 2. The van der Waals surface area contributed by atoms with E-state index in [2.05, 4.69) is 27.9 Å². The smallest absolute Gasteiger partial charge is 0.226 e. The molecule has 0 bridgehead atoms. The van der Waals surface area contributed by atoms with Gasteiger partial charge in [0, 0.05) is 13.1 Å². The minimum Gasteiger partial charge on any atom is -0.354 e. The Morgan fingerprint density at radius 3 is 2.68 bits per heavy atom. The molecule has 0 saturated carbocycles. The van der Waals surface area contributed by atoms with Gasteiger partial charge in [0.15, 0.2) is 0 Å². The van der Waals surface area contributed by atoms with Gasteiger partial charge in [-0.2, -0.15) is 0 Å². The summed E-state index contributed by atoms with van der Waals surface area (Å²) in [5.41, 5.74) is 2.55. The van der Waals surface area contributed by atoms with Crippen molar-refractivity contribution in [2.75, 3.05) is 19.6 Å². The molecule has 0 fully saturated rings. The molecule has 6 nitrogen and oxygen atoms in total. The predicted octanol–water partition coefficient (Wildman–Crippen LogP) is 1.23. The van der Waals surface area contributed by atoms with Crippen molar-refractivity contribution in [1.29, 1.82) is 0 Å². The van der Waals surface area contributed by atoms with Crippen LogP contribution in [0.3, 0.4) is 0 Å². The van der Waals surface area contributed by atoms with Crippen LogP contribution in [0.2, 0.25) is 0 Å². The first-order chi connectivity index (χ1) is 10.7. The van der Waals surface area contributed by atoms with E-state index in [4.69, 9.17) is 0 Å². The number of hydrogen-bond donors (Lipinski definition) is 2. The van der Waals surface area contributed by atoms with E-state index in [1.807, 2.05) is 37.3 Å². The molecular weight excluding hydrogens is 278 g/mol. The van der Waals surface area contributed by atoms with Gasteiger partial charge in [-0.1, -0.05) is 30.3 Å². The van der Waals surface area contributed by atoms with Gasteiger partial charge in [0.2, 0.25) is 5.91 Å². The molecule has 1 heterocycles. The Kier molecular flexibility index (Phi) is 6.09. The first-order valence-electron chi connectivity index (χ1n) is 7.66. The molecule has 6 heteroatoms. The summed E-state index contributed by atoms with van der Waals surface area (Å²) in [5.74, 6) is -0.0264. The number of nitrogens with zero attached hydrogens (tertiary/aromatic N) is 3. The fraction of sp³-hybridized carbons (Fsp3) is 0.438. The standard InChI is InChI=1S/C16H23N5O/c1-3-9-17-10-11-18-16(22)12-15-13(2)21(20-19-15)14-7-5-4-6-8-14/h4-8,17H,3,9-12H2,1-2H3,(H,18,22). The van der Waals surface area contributed by atoms with Crippen LogP contribution in [0.15, 0.2) is 30.3 Å². The Bertz CT molecular complexity index is 594. The van der Waals surface area contributed by atoms with Gasteiger partial charge in [0.1, 0.15) is 0 Å². The lowest BCUT2D eigenvalue weighted by Gasteiger charge is -2.06. The molecule has 0 aliphatic rings. The molecule has 118 valence electrons. The van der Waals surface area contributed by atoms with Gasteiger partial charge >= 0.3 is 0 Å². The van der Waals surface area contributed by atoms with Crippen LogP contribution in [0, 0.1) is 6.92 Å². The second-order valence-corrected chi connectivity index (χ2v) is 5.15. The minimum atomic E-state index is -0.0264. The maximum atomic E-state index is 11.9. The number of rotatable bonds is 8. The van der Waals surface area contributed by atoms with Crippen LogP contribution in [0.25, 0.3) is 5.69 Å². The van der Waals surface area contributed by atoms with Crippen molar-refractivity contribution >= 4 is 5.91 Å². The Balaban J connectivity index is 1.88. The van der Waals surface area contributed by atoms with E-state index in [1.54, 1.807) is 4.68 Å². The van der Waals surface area contributed by atoms with Gasteiger partial charge in [-0.15, -0.1) is 5.10 Å². The zero-order chi connectivity index (χ0) is 15.8. The number of carbonyl (C=O) groups is 1. The Hall–Kier alpha value is -2.21. The molecular formula is C16H23N5O. The predicted molar refractivity (Wildman–Crippen MR) is 86.0 cm³/mol. The first kappa shape index (κ1) is 16.2. The molecule has 0 saturated heterocycles. The van der Waals surface area contributed by atoms with Gasteiger partial charge in [0.05, 0.1) is 23.5 Å². The molecule has 22 heavy (non-hydrogen) atoms. The van der Waals surface area contributed by atoms with E-state index < -0.39 is 0 Å². The Labute approximate surface area is 130 Å². The topological polar surface area (TPSA) is 71.8 Å². The van der Waals surface area contributed by atoms with Crippen molar-refractivity contribution in [2.45, 2.75) is 26.7 Å². The molecule has 1 amide bonds. The summed E-state index contributed by atoms with van der Waals surface area (Å²) in [4.78, 5) is 11.9. The van der Waals surface area contributed by atoms with Gasteiger partial charge in [-0.25, -0.2) is 4.68 Å². The lowest BCUT2D eigenvalue weighted by molar-refractivity contribution is -0.120. The number of carbonyl (C=O) groups excluding carboxylic acids is 1. The van der Waals surface area contributed by atoms with E-state index in [-0.39, 0.29) is 12.3 Å². The molecule has 1 aromatic carbocycles. The number of hydrogen-bond acceptors (Lipinski definition) is 4. The average molecular weight is 301 g/mol. The lowest BCUT2D eigenvalue weighted by Crippen LogP contribution is -2.33. The Morgan fingerprint density at radius 2 is 1.95 bits per heavy atom. The molecule has 2 aromatic rings. The van der Waals surface area contributed by atoms with Crippen molar-refractivity contribution in [3.8, 4) is 5.69 Å². The number of aromatic nitrogens is 3. The van der Waals surface area contributed by atoms with E-state index in [0.717, 1.165) is 30.9 Å². The first-order valence-corrected chi connectivity index (χ1v) is 7.66. The summed E-state index contributed by atoms with van der Waals surface area (Å²) < 4.78 is 1.76. The van der Waals surface area contributed by atoms with Crippen LogP contribution in [0.1, 0.15) is 24.7 Å². The number of benzene rings is 1. The minimum absolute atomic E-state index is 0.0264. The molecule has 0 spiro atoms. The van der Waals surface area contributed by atoms with Crippen LogP contribution in [-0.2, 0) is 11.2 Å². The van der Waals surface area contributed by atoms with Crippen molar-refractivity contribution in [1.82, 2.24) is 25.6 Å². The summed E-state index contributed by atoms with van der Waals surface area (Å²) in [5, 5.41) is 14.4. The van der Waals surface area contributed by atoms with Gasteiger partial charge in [-0.05, 0) is 32.0 Å². The third-order valence-electron chi connectivity index (χ3n) is 3.37. The molecule has 2 N–H and O–H groups in total. The van der Waals surface area contributed by atoms with Crippen molar-refractivity contribution in [3.05, 3.63) is 41.7 Å². The maximum Gasteiger partial charge on any atom is 0.226 e. The normalized spacial score (nSPS) is 10.6. The summed E-state index contributed by atoms with van der Waals surface area (Å²) in [6.45, 7) is 6.43. The van der Waals surface area contributed by atoms with Crippen LogP contribution in [0.4, 0.5) is 0 Å². The zero-order valence-corrected chi connectivity index (χ0v) is 13.2. The summed E-state index contributed by atoms with van der Waals surface area (Å²) in [6, 6.07) is 9.78. The van der Waals surface area contributed by atoms with Crippen molar-refractivity contribution in [2.24, 2.45) is 0 Å². The van der Waals surface area contributed by atoms with Crippen molar-refractivity contribution in [3.63, 3.8) is 0 Å².